The summed E-state index contributed by atoms with van der Waals surface area (Å²) in [5.74, 6) is 0.461. The highest BCUT2D eigenvalue weighted by atomic mass is 79.9. The van der Waals surface area contributed by atoms with E-state index in [0.29, 0.717) is 18.2 Å². The number of nitrogens with one attached hydrogen (secondary N) is 1. The van der Waals surface area contributed by atoms with Crippen molar-refractivity contribution in [3.8, 4) is 5.69 Å². The van der Waals surface area contributed by atoms with E-state index in [-0.39, 0.29) is 11.9 Å². The van der Waals surface area contributed by atoms with Crippen molar-refractivity contribution in [2.45, 2.75) is 38.1 Å². The maximum atomic E-state index is 12.8. The van der Waals surface area contributed by atoms with Crippen LogP contribution in [0.5, 0.6) is 0 Å². The summed E-state index contributed by atoms with van der Waals surface area (Å²) < 4.78 is 2.93. The molecule has 6 heteroatoms. The molecule has 2 aliphatic carbocycles. The molecule has 4 rings (SSSR count). The largest absolute Gasteiger partial charge is 0.346 e. The van der Waals surface area contributed by atoms with Gasteiger partial charge in [0, 0.05) is 28.3 Å². The van der Waals surface area contributed by atoms with Gasteiger partial charge in [0.25, 0.3) is 5.91 Å². The van der Waals surface area contributed by atoms with Gasteiger partial charge in [0.2, 0.25) is 0 Å². The van der Waals surface area contributed by atoms with E-state index in [2.05, 4.69) is 26.3 Å². The van der Waals surface area contributed by atoms with Crippen LogP contribution in [0.25, 0.3) is 5.69 Å². The molecule has 3 N–H and O–H groups in total. The van der Waals surface area contributed by atoms with E-state index in [0.717, 1.165) is 53.5 Å². The zero-order valence-electron chi connectivity index (χ0n) is 13.5. The summed E-state index contributed by atoms with van der Waals surface area (Å²) in [4.78, 5) is 12.8. The van der Waals surface area contributed by atoms with Crippen LogP contribution in [0.1, 0.15) is 41.0 Å². The van der Waals surface area contributed by atoms with Gasteiger partial charge in [-0.1, -0.05) is 22.0 Å². The second-order valence-electron chi connectivity index (χ2n) is 6.67. The van der Waals surface area contributed by atoms with Crippen LogP contribution in [-0.4, -0.2) is 28.3 Å². The summed E-state index contributed by atoms with van der Waals surface area (Å²) in [5, 5.41) is 7.75. The summed E-state index contributed by atoms with van der Waals surface area (Å²) in [6.45, 7) is 0.491. The molecule has 5 nitrogen and oxygen atoms in total. The molecule has 2 aliphatic rings. The van der Waals surface area contributed by atoms with Gasteiger partial charge in [-0.15, -0.1) is 0 Å². The Kier molecular flexibility index (Phi) is 4.18. The van der Waals surface area contributed by atoms with Crippen molar-refractivity contribution in [2.75, 3.05) is 6.54 Å². The second-order valence-corrected chi connectivity index (χ2v) is 7.59. The lowest BCUT2D eigenvalue weighted by molar-refractivity contribution is 0.0927. The average Bonchev–Trinajstić information content (AvgIpc) is 3.18. The highest BCUT2D eigenvalue weighted by molar-refractivity contribution is 9.10. The molecular weight excluding hydrogens is 368 g/mol. The van der Waals surface area contributed by atoms with Crippen LogP contribution in [-0.2, 0) is 12.8 Å². The normalized spacial score (nSPS) is 17.6. The zero-order valence-corrected chi connectivity index (χ0v) is 15.1. The molecule has 1 atom stereocenters. The van der Waals surface area contributed by atoms with E-state index >= 15 is 0 Å². The van der Waals surface area contributed by atoms with Gasteiger partial charge in [-0.05, 0) is 56.2 Å². The van der Waals surface area contributed by atoms with Gasteiger partial charge in [-0.2, -0.15) is 5.10 Å². The zero-order chi connectivity index (χ0) is 16.7. The molecule has 24 heavy (non-hydrogen) atoms. The lowest BCUT2D eigenvalue weighted by Gasteiger charge is -2.15. The first kappa shape index (κ1) is 15.8. The predicted molar refractivity (Wildman–Crippen MR) is 96.3 cm³/mol. The van der Waals surface area contributed by atoms with Crippen LogP contribution in [0.15, 0.2) is 28.7 Å². The van der Waals surface area contributed by atoms with Gasteiger partial charge in [0.1, 0.15) is 0 Å². The Morgan fingerprint density at radius 1 is 1.42 bits per heavy atom. The number of amides is 1. The van der Waals surface area contributed by atoms with Crippen molar-refractivity contribution < 1.29 is 4.79 Å². The average molecular weight is 389 g/mol. The molecule has 1 unspecified atom stereocenters. The highest BCUT2D eigenvalue weighted by Gasteiger charge is 2.33. The summed E-state index contributed by atoms with van der Waals surface area (Å²) in [6.07, 6.45) is 5.28. The Morgan fingerprint density at radius 3 is 2.96 bits per heavy atom. The fourth-order valence-corrected chi connectivity index (χ4v) is 3.93. The molecule has 1 saturated carbocycles. The first-order valence-electron chi connectivity index (χ1n) is 8.55. The van der Waals surface area contributed by atoms with Crippen molar-refractivity contribution in [3.05, 3.63) is 45.7 Å². The van der Waals surface area contributed by atoms with Crippen LogP contribution in [0.2, 0.25) is 0 Å². The Hall–Kier alpha value is -1.66. The Balaban J connectivity index is 1.67. The first-order valence-corrected chi connectivity index (χ1v) is 9.34. The third-order valence-electron chi connectivity index (χ3n) is 4.96. The van der Waals surface area contributed by atoms with E-state index in [9.17, 15) is 4.79 Å². The maximum Gasteiger partial charge on any atom is 0.272 e. The molecule has 1 aromatic carbocycles. The number of hydrogen-bond donors (Lipinski definition) is 2. The molecule has 1 heterocycles. The minimum absolute atomic E-state index is 0.0746. The molecule has 0 radical (unpaired) electrons. The number of benzene rings is 1. The van der Waals surface area contributed by atoms with Crippen LogP contribution in [0, 0.1) is 5.92 Å². The fourth-order valence-electron chi connectivity index (χ4n) is 3.55. The second kappa shape index (κ2) is 6.33. The van der Waals surface area contributed by atoms with E-state index in [1.165, 1.54) is 0 Å². The summed E-state index contributed by atoms with van der Waals surface area (Å²) in [7, 11) is 0. The Morgan fingerprint density at radius 2 is 2.25 bits per heavy atom. The monoisotopic (exact) mass is 388 g/mol. The number of carbonyl (C=O) groups excluding carboxylic acids is 1. The van der Waals surface area contributed by atoms with Crippen LogP contribution < -0.4 is 11.1 Å². The summed E-state index contributed by atoms with van der Waals surface area (Å²) >= 11 is 3.51. The number of rotatable bonds is 5. The van der Waals surface area contributed by atoms with Crippen molar-refractivity contribution in [1.29, 1.82) is 0 Å². The van der Waals surface area contributed by atoms with E-state index in [1.54, 1.807) is 0 Å². The van der Waals surface area contributed by atoms with E-state index in [1.807, 2.05) is 28.9 Å². The number of fused-ring (bicyclic) bond motifs is 1. The number of hydrogen-bond acceptors (Lipinski definition) is 3. The molecule has 1 amide bonds. The molecule has 1 fully saturated rings. The maximum absolute atomic E-state index is 12.8. The van der Waals surface area contributed by atoms with Gasteiger partial charge in [0.05, 0.1) is 5.69 Å². The molecule has 126 valence electrons. The Labute approximate surface area is 149 Å². The van der Waals surface area contributed by atoms with Crippen molar-refractivity contribution in [3.63, 3.8) is 0 Å². The van der Waals surface area contributed by atoms with E-state index in [4.69, 9.17) is 5.73 Å². The first-order chi connectivity index (χ1) is 11.7. The fraction of sp³-hybridized carbons (Fsp3) is 0.444. The van der Waals surface area contributed by atoms with E-state index < -0.39 is 0 Å². The molecule has 0 spiro atoms. The van der Waals surface area contributed by atoms with Crippen LogP contribution >= 0.6 is 15.9 Å². The molecule has 0 saturated heterocycles. The van der Waals surface area contributed by atoms with Crippen molar-refractivity contribution >= 4 is 21.8 Å². The standard InChI is InChI=1S/C18H21BrN4O/c19-12-3-1-4-13(9-12)23-16-6-2-5-14(16)17(22-23)18(24)21-15(10-20)11-7-8-11/h1,3-4,9,11,15H,2,5-8,10,20H2,(H,21,24). The lowest BCUT2D eigenvalue weighted by atomic mass is 10.1. The summed E-state index contributed by atoms with van der Waals surface area (Å²) in [6, 6.07) is 8.10. The lowest BCUT2D eigenvalue weighted by Crippen LogP contribution is -2.42. The Bertz CT molecular complexity index is 781. The third-order valence-corrected chi connectivity index (χ3v) is 5.45. The number of nitrogens with two attached hydrogens (primary N) is 1. The SMILES string of the molecule is NCC(NC(=O)c1nn(-c2cccc(Br)c2)c2c1CCC2)C1CC1. The minimum atomic E-state index is -0.0794. The number of halogens is 1. The summed E-state index contributed by atoms with van der Waals surface area (Å²) in [5.41, 5.74) is 9.63. The predicted octanol–water partition coefficient (Wildman–Crippen LogP) is 2.59. The number of aromatic nitrogens is 2. The van der Waals surface area contributed by atoms with Crippen LogP contribution in [0.4, 0.5) is 0 Å². The molecule has 2 aromatic rings. The topological polar surface area (TPSA) is 72.9 Å². The molecule has 0 aliphatic heterocycles. The van der Waals surface area contributed by atoms with Crippen LogP contribution in [0.3, 0.4) is 0 Å². The quantitative estimate of drug-likeness (QED) is 0.826. The van der Waals surface area contributed by atoms with Crippen molar-refractivity contribution in [1.82, 2.24) is 15.1 Å². The molecule has 1 aromatic heterocycles. The number of carbonyl (C=O) groups is 1. The van der Waals surface area contributed by atoms with Gasteiger partial charge in [0.15, 0.2) is 5.69 Å². The highest BCUT2D eigenvalue weighted by Crippen LogP contribution is 2.33. The van der Waals surface area contributed by atoms with Gasteiger partial charge >= 0.3 is 0 Å². The molecular formula is C18H21BrN4O. The van der Waals surface area contributed by atoms with Gasteiger partial charge < -0.3 is 11.1 Å². The van der Waals surface area contributed by atoms with Crippen molar-refractivity contribution in [2.24, 2.45) is 11.7 Å². The third kappa shape index (κ3) is 2.89. The molecule has 0 bridgehead atoms. The van der Waals surface area contributed by atoms with Gasteiger partial charge in [-0.3, -0.25) is 4.79 Å². The number of nitrogens with zero attached hydrogens (tertiary/aromatic N) is 2. The van der Waals surface area contributed by atoms with Gasteiger partial charge in [-0.25, -0.2) is 4.68 Å². The smallest absolute Gasteiger partial charge is 0.272 e. The minimum Gasteiger partial charge on any atom is -0.346 e.